The van der Waals surface area contributed by atoms with Crippen LogP contribution in [0.25, 0.3) is 0 Å². The maximum absolute atomic E-state index is 10.3. The van der Waals surface area contributed by atoms with Crippen LogP contribution in [-0.2, 0) is 14.3 Å². The second kappa shape index (κ2) is 29.6. The van der Waals surface area contributed by atoms with Crippen molar-refractivity contribution in [1.82, 2.24) is 0 Å². The molecule has 0 heterocycles. The summed E-state index contributed by atoms with van der Waals surface area (Å²) in [4.78, 5) is 10.3. The quantitative estimate of drug-likeness (QED) is 0.0884. The van der Waals surface area contributed by atoms with Gasteiger partial charge in [-0.1, -0.05) is 122 Å². The maximum atomic E-state index is 10.3. The van der Waals surface area contributed by atoms with Crippen LogP contribution in [0, 0.1) is 0 Å². The van der Waals surface area contributed by atoms with Gasteiger partial charge in [0.2, 0.25) is 0 Å². The number of carbonyl (C=O) groups excluding carboxylic acids is 1. The van der Waals surface area contributed by atoms with Crippen molar-refractivity contribution in [2.24, 2.45) is 0 Å². The minimum absolute atomic E-state index is 0.0323. The summed E-state index contributed by atoms with van der Waals surface area (Å²) in [5.74, 6) is 0. The summed E-state index contributed by atoms with van der Waals surface area (Å²) >= 11 is 0. The zero-order valence-electron chi connectivity index (χ0n) is 22.2. The smallest absolute Gasteiger partial charge is 0.119 e. The number of carbonyl (C=O) groups is 1. The number of aliphatic hydroxyl groups is 1. The van der Waals surface area contributed by atoms with Crippen LogP contribution in [0.4, 0.5) is 0 Å². The monoisotopic (exact) mass is 470 g/mol. The number of aldehydes is 1. The van der Waals surface area contributed by atoms with E-state index in [4.69, 9.17) is 9.47 Å². The third kappa shape index (κ3) is 27.7. The summed E-state index contributed by atoms with van der Waals surface area (Å²) in [5.41, 5.74) is 0. The summed E-state index contributed by atoms with van der Waals surface area (Å²) in [7, 11) is 0. The minimum Gasteiger partial charge on any atom is -0.394 e. The molecule has 0 aliphatic carbocycles. The second-order valence-corrected chi connectivity index (χ2v) is 9.78. The fourth-order valence-electron chi connectivity index (χ4n) is 4.23. The predicted molar refractivity (Wildman–Crippen MR) is 141 cm³/mol. The van der Waals surface area contributed by atoms with Crippen LogP contribution >= 0.6 is 0 Å². The van der Waals surface area contributed by atoms with Crippen LogP contribution in [0.1, 0.15) is 148 Å². The first kappa shape index (κ1) is 32.5. The van der Waals surface area contributed by atoms with Crippen molar-refractivity contribution in [2.75, 3.05) is 26.4 Å². The van der Waals surface area contributed by atoms with E-state index < -0.39 is 0 Å². The standard InChI is InChI=1S/C29H58O4/c1-2-3-4-5-6-7-8-9-10-11-12-13-16-19-22-25-32-28-29(27-31)33-26-23-20-17-14-15-18-21-24-30/h24,29,31H,2-23,25-28H2,1H3. The van der Waals surface area contributed by atoms with Crippen molar-refractivity contribution >= 4 is 6.29 Å². The molecule has 0 aliphatic heterocycles. The number of ether oxygens (including phenoxy) is 2. The molecule has 0 aromatic carbocycles. The number of unbranched alkanes of at least 4 members (excludes halogenated alkanes) is 20. The fraction of sp³-hybridized carbons (Fsp3) is 0.966. The van der Waals surface area contributed by atoms with Crippen LogP contribution in [0.3, 0.4) is 0 Å². The molecule has 0 bridgehead atoms. The van der Waals surface area contributed by atoms with Crippen LogP contribution < -0.4 is 0 Å². The highest BCUT2D eigenvalue weighted by atomic mass is 16.5. The summed E-state index contributed by atoms with van der Waals surface area (Å²) in [6, 6.07) is 0. The second-order valence-electron chi connectivity index (χ2n) is 9.78. The lowest BCUT2D eigenvalue weighted by Gasteiger charge is -2.15. The summed E-state index contributed by atoms with van der Waals surface area (Å²) < 4.78 is 11.5. The Morgan fingerprint density at radius 3 is 1.48 bits per heavy atom. The van der Waals surface area contributed by atoms with Gasteiger partial charge in [0.15, 0.2) is 0 Å². The van der Waals surface area contributed by atoms with E-state index >= 15 is 0 Å². The van der Waals surface area contributed by atoms with Crippen LogP contribution in [-0.4, -0.2) is 43.9 Å². The lowest BCUT2D eigenvalue weighted by Crippen LogP contribution is -2.24. The molecule has 0 aromatic rings. The highest BCUT2D eigenvalue weighted by Gasteiger charge is 2.07. The summed E-state index contributed by atoms with van der Waals surface area (Å²) in [5, 5.41) is 9.45. The Balaban J connectivity index is 3.24. The molecule has 1 unspecified atom stereocenters. The molecule has 0 spiro atoms. The van der Waals surface area contributed by atoms with Gasteiger partial charge in [0.05, 0.1) is 13.2 Å². The van der Waals surface area contributed by atoms with E-state index in [0.717, 1.165) is 45.0 Å². The van der Waals surface area contributed by atoms with Crippen molar-refractivity contribution in [3.05, 3.63) is 0 Å². The van der Waals surface area contributed by atoms with Gasteiger partial charge in [-0.2, -0.15) is 0 Å². The van der Waals surface area contributed by atoms with Crippen molar-refractivity contribution in [1.29, 1.82) is 0 Å². The zero-order chi connectivity index (χ0) is 24.1. The number of aliphatic hydroxyl groups excluding tert-OH is 1. The van der Waals surface area contributed by atoms with Crippen molar-refractivity contribution in [3.63, 3.8) is 0 Å². The molecule has 33 heavy (non-hydrogen) atoms. The lowest BCUT2D eigenvalue weighted by molar-refractivity contribution is -0.107. The molecule has 0 saturated heterocycles. The maximum Gasteiger partial charge on any atom is 0.119 e. The van der Waals surface area contributed by atoms with Gasteiger partial charge in [-0.05, 0) is 19.3 Å². The van der Waals surface area contributed by atoms with Gasteiger partial charge in [-0.25, -0.2) is 0 Å². The molecule has 0 amide bonds. The zero-order valence-corrected chi connectivity index (χ0v) is 22.2. The Labute approximate surface area is 206 Å². The molecule has 4 nitrogen and oxygen atoms in total. The first-order chi connectivity index (χ1) is 16.3. The average molecular weight is 471 g/mol. The molecule has 0 saturated carbocycles. The third-order valence-corrected chi connectivity index (χ3v) is 6.47. The van der Waals surface area contributed by atoms with Gasteiger partial charge in [0, 0.05) is 19.6 Å². The van der Waals surface area contributed by atoms with Crippen LogP contribution in [0.15, 0.2) is 0 Å². The Bertz CT molecular complexity index is 362. The minimum atomic E-state index is -0.186. The molecule has 0 aliphatic rings. The molecular formula is C29H58O4. The number of rotatable bonds is 29. The molecular weight excluding hydrogens is 412 g/mol. The Kier molecular flexibility index (Phi) is 29.2. The molecule has 1 N–H and O–H groups in total. The molecule has 4 heteroatoms. The van der Waals surface area contributed by atoms with E-state index in [1.54, 1.807) is 0 Å². The van der Waals surface area contributed by atoms with Crippen molar-refractivity contribution in [3.8, 4) is 0 Å². The van der Waals surface area contributed by atoms with E-state index in [2.05, 4.69) is 6.92 Å². The first-order valence-electron chi connectivity index (χ1n) is 14.6. The lowest BCUT2D eigenvalue weighted by atomic mass is 10.0. The largest absolute Gasteiger partial charge is 0.394 e. The predicted octanol–water partition coefficient (Wildman–Crippen LogP) is 8.18. The topological polar surface area (TPSA) is 55.8 Å². The van der Waals surface area contributed by atoms with Crippen LogP contribution in [0.5, 0.6) is 0 Å². The SMILES string of the molecule is CCCCCCCCCCCCCCCCCOCC(CO)OCCCCCCCCC=O. The van der Waals surface area contributed by atoms with E-state index in [9.17, 15) is 9.90 Å². The first-order valence-corrected chi connectivity index (χ1v) is 14.6. The van der Waals surface area contributed by atoms with Gasteiger partial charge in [-0.3, -0.25) is 0 Å². The van der Waals surface area contributed by atoms with Gasteiger partial charge in [0.1, 0.15) is 12.4 Å². The Hall–Kier alpha value is -0.450. The Morgan fingerprint density at radius 1 is 0.606 bits per heavy atom. The van der Waals surface area contributed by atoms with Gasteiger partial charge in [0.25, 0.3) is 0 Å². The van der Waals surface area contributed by atoms with Gasteiger partial charge in [-0.15, -0.1) is 0 Å². The third-order valence-electron chi connectivity index (χ3n) is 6.47. The van der Waals surface area contributed by atoms with Gasteiger partial charge < -0.3 is 19.4 Å². The molecule has 198 valence electrons. The molecule has 0 aromatic heterocycles. The van der Waals surface area contributed by atoms with E-state index in [1.807, 2.05) is 0 Å². The van der Waals surface area contributed by atoms with Crippen LogP contribution in [0.2, 0.25) is 0 Å². The Morgan fingerprint density at radius 2 is 1.03 bits per heavy atom. The summed E-state index contributed by atoms with van der Waals surface area (Å²) in [6.07, 6.45) is 28.9. The normalized spacial score (nSPS) is 12.3. The van der Waals surface area contributed by atoms with Crippen molar-refractivity contribution in [2.45, 2.75) is 154 Å². The molecule has 0 radical (unpaired) electrons. The van der Waals surface area contributed by atoms with Crippen molar-refractivity contribution < 1.29 is 19.4 Å². The average Bonchev–Trinajstić information content (AvgIpc) is 2.83. The van der Waals surface area contributed by atoms with E-state index in [1.165, 1.54) is 103 Å². The molecule has 0 fully saturated rings. The van der Waals surface area contributed by atoms with E-state index in [0.29, 0.717) is 19.6 Å². The number of hydrogen-bond acceptors (Lipinski definition) is 4. The number of hydrogen-bond donors (Lipinski definition) is 1. The fourth-order valence-corrected chi connectivity index (χ4v) is 4.23. The molecule has 0 rings (SSSR count). The summed E-state index contributed by atoms with van der Waals surface area (Å²) in [6.45, 7) is 4.29. The highest BCUT2D eigenvalue weighted by Crippen LogP contribution is 2.13. The van der Waals surface area contributed by atoms with Gasteiger partial charge >= 0.3 is 0 Å². The highest BCUT2D eigenvalue weighted by molar-refractivity contribution is 5.48. The molecule has 1 atom stereocenters. The van der Waals surface area contributed by atoms with E-state index in [-0.39, 0.29) is 12.7 Å².